The van der Waals surface area contributed by atoms with E-state index in [1.807, 2.05) is 0 Å². The Hall–Kier alpha value is -0.650. The molecule has 2 atom stereocenters. The Morgan fingerprint density at radius 3 is 1.57 bits per heavy atom. The summed E-state index contributed by atoms with van der Waals surface area (Å²) in [5.74, 6) is -0.361. The van der Waals surface area contributed by atoms with E-state index in [9.17, 15) is 9.90 Å². The zero-order valence-corrected chi connectivity index (χ0v) is 18.2. The van der Waals surface area contributed by atoms with Gasteiger partial charge in [-0.3, -0.25) is 4.79 Å². The van der Waals surface area contributed by atoms with Crippen molar-refractivity contribution in [1.82, 2.24) is 0 Å². The minimum atomic E-state index is -1.13. The summed E-state index contributed by atoms with van der Waals surface area (Å²) in [7, 11) is 0. The molecule has 5 nitrogen and oxygen atoms in total. The van der Waals surface area contributed by atoms with Crippen LogP contribution in [-0.2, 0) is 9.53 Å². The molecule has 3 N–H and O–H groups in total. The Bertz CT molecular complexity index is 335. The monoisotopic (exact) mass is 402 g/mol. The average molecular weight is 403 g/mol. The van der Waals surface area contributed by atoms with Crippen LogP contribution in [0.3, 0.4) is 0 Å². The third-order valence-corrected chi connectivity index (χ3v) is 5.30. The first-order valence-electron chi connectivity index (χ1n) is 11.7. The molecule has 0 fully saturated rings. The van der Waals surface area contributed by atoms with Crippen molar-refractivity contribution >= 4 is 5.97 Å². The first-order chi connectivity index (χ1) is 13.7. The molecule has 5 heteroatoms. The molecule has 0 aliphatic carbocycles. The van der Waals surface area contributed by atoms with Crippen molar-refractivity contribution in [3.05, 3.63) is 0 Å². The number of aliphatic hydroxyl groups excluding tert-OH is 3. The highest BCUT2D eigenvalue weighted by Crippen LogP contribution is 2.14. The second kappa shape index (κ2) is 21.1. The highest BCUT2D eigenvalue weighted by molar-refractivity contribution is 5.69. The molecule has 0 aromatic heterocycles. The molecular formula is C23H46O5. The molecule has 0 spiro atoms. The lowest BCUT2D eigenvalue weighted by atomic mass is 10.0. The van der Waals surface area contributed by atoms with Crippen LogP contribution in [0.5, 0.6) is 0 Å². The highest BCUT2D eigenvalue weighted by Gasteiger charge is 2.21. The van der Waals surface area contributed by atoms with Gasteiger partial charge < -0.3 is 20.1 Å². The minimum Gasteiger partial charge on any atom is -0.459 e. The van der Waals surface area contributed by atoms with Crippen molar-refractivity contribution in [2.45, 2.75) is 128 Å². The Morgan fingerprint density at radius 1 is 0.750 bits per heavy atom. The first kappa shape index (κ1) is 27.4. The summed E-state index contributed by atoms with van der Waals surface area (Å²) in [6, 6.07) is 0. The van der Waals surface area contributed by atoms with Gasteiger partial charge in [-0.2, -0.15) is 0 Å². The maximum absolute atomic E-state index is 11.8. The lowest BCUT2D eigenvalue weighted by Gasteiger charge is -2.20. The molecule has 0 aliphatic heterocycles. The van der Waals surface area contributed by atoms with Gasteiger partial charge in [-0.1, -0.05) is 96.8 Å². The minimum absolute atomic E-state index is 0.145. The molecule has 0 aromatic rings. The first-order valence-corrected chi connectivity index (χ1v) is 11.7. The molecular weight excluding hydrogens is 356 g/mol. The summed E-state index contributed by atoms with van der Waals surface area (Å²) in [6.45, 7) is 1.60. The fourth-order valence-corrected chi connectivity index (χ4v) is 3.44. The van der Waals surface area contributed by atoms with E-state index in [0.29, 0.717) is 6.42 Å². The van der Waals surface area contributed by atoms with Crippen LogP contribution in [0, 0.1) is 0 Å². The van der Waals surface area contributed by atoms with Gasteiger partial charge in [-0.25, -0.2) is 0 Å². The van der Waals surface area contributed by atoms with Crippen molar-refractivity contribution in [2.75, 3.05) is 13.2 Å². The van der Waals surface area contributed by atoms with Crippen molar-refractivity contribution < 1.29 is 24.9 Å². The van der Waals surface area contributed by atoms with Gasteiger partial charge in [0.1, 0.15) is 12.2 Å². The molecule has 2 unspecified atom stereocenters. The molecule has 0 radical (unpaired) electrons. The lowest BCUT2D eigenvalue weighted by molar-refractivity contribution is -0.157. The normalized spacial score (nSPS) is 13.4. The lowest BCUT2D eigenvalue weighted by Crippen LogP contribution is -2.34. The van der Waals surface area contributed by atoms with Gasteiger partial charge >= 0.3 is 5.97 Å². The standard InChI is InChI=1S/C23H46O5/c1-2-3-4-5-6-7-8-9-10-11-12-13-14-15-16-17-23(27)28-22(18-19-24)21(26)20-25/h21-22,24-26H,2-20H2,1H3. The third kappa shape index (κ3) is 17.4. The maximum atomic E-state index is 11.8. The molecule has 0 heterocycles. The second-order valence-electron chi connectivity index (χ2n) is 7.99. The maximum Gasteiger partial charge on any atom is 0.306 e. The number of aliphatic hydroxyl groups is 3. The van der Waals surface area contributed by atoms with Gasteiger partial charge in [0.25, 0.3) is 0 Å². The quantitative estimate of drug-likeness (QED) is 0.188. The number of hydrogen-bond acceptors (Lipinski definition) is 5. The van der Waals surface area contributed by atoms with Crippen molar-refractivity contribution in [1.29, 1.82) is 0 Å². The predicted octanol–water partition coefficient (Wildman–Crippen LogP) is 4.90. The van der Waals surface area contributed by atoms with Crippen molar-refractivity contribution in [3.63, 3.8) is 0 Å². The van der Waals surface area contributed by atoms with E-state index in [1.54, 1.807) is 0 Å². The molecule has 0 saturated carbocycles. The SMILES string of the molecule is CCCCCCCCCCCCCCCCCC(=O)OC(CCO)C(O)CO. The van der Waals surface area contributed by atoms with E-state index in [1.165, 1.54) is 77.0 Å². The number of carbonyl (C=O) groups excluding carboxylic acids is 1. The van der Waals surface area contributed by atoms with Gasteiger partial charge in [0, 0.05) is 19.4 Å². The van der Waals surface area contributed by atoms with Gasteiger partial charge in [-0.15, -0.1) is 0 Å². The number of unbranched alkanes of at least 4 members (excludes halogenated alkanes) is 14. The van der Waals surface area contributed by atoms with E-state index in [4.69, 9.17) is 14.9 Å². The Labute approximate surface area is 172 Å². The fourth-order valence-electron chi connectivity index (χ4n) is 3.44. The van der Waals surface area contributed by atoms with Gasteiger partial charge in [0.05, 0.1) is 6.61 Å². The van der Waals surface area contributed by atoms with Gasteiger partial charge in [-0.05, 0) is 6.42 Å². The average Bonchev–Trinajstić information content (AvgIpc) is 2.70. The smallest absolute Gasteiger partial charge is 0.306 e. The summed E-state index contributed by atoms with van der Waals surface area (Å²) in [5.41, 5.74) is 0. The number of rotatable bonds is 21. The van der Waals surface area contributed by atoms with Crippen LogP contribution in [0.25, 0.3) is 0 Å². The molecule has 28 heavy (non-hydrogen) atoms. The van der Waals surface area contributed by atoms with Gasteiger partial charge in [0.15, 0.2) is 0 Å². The van der Waals surface area contributed by atoms with Crippen molar-refractivity contribution in [3.8, 4) is 0 Å². The molecule has 0 rings (SSSR count). The Balaban J connectivity index is 3.39. The fraction of sp³-hybridized carbons (Fsp3) is 0.957. The summed E-state index contributed by atoms with van der Waals surface area (Å²) < 4.78 is 5.15. The number of carbonyl (C=O) groups is 1. The van der Waals surface area contributed by atoms with Crippen molar-refractivity contribution in [2.24, 2.45) is 0 Å². The van der Waals surface area contributed by atoms with Crippen LogP contribution < -0.4 is 0 Å². The molecule has 0 saturated heterocycles. The zero-order valence-electron chi connectivity index (χ0n) is 18.2. The Morgan fingerprint density at radius 2 is 1.18 bits per heavy atom. The van der Waals surface area contributed by atoms with Crippen LogP contribution in [-0.4, -0.2) is 46.7 Å². The largest absolute Gasteiger partial charge is 0.459 e. The van der Waals surface area contributed by atoms with Crippen LogP contribution in [0.4, 0.5) is 0 Å². The van der Waals surface area contributed by atoms with Crippen LogP contribution in [0.1, 0.15) is 116 Å². The summed E-state index contributed by atoms with van der Waals surface area (Å²) in [4.78, 5) is 11.8. The van der Waals surface area contributed by atoms with E-state index >= 15 is 0 Å². The molecule has 0 aromatic carbocycles. The Kier molecular flexibility index (Phi) is 20.6. The van der Waals surface area contributed by atoms with Crippen LogP contribution in [0.15, 0.2) is 0 Å². The van der Waals surface area contributed by atoms with E-state index in [2.05, 4.69) is 6.92 Å². The number of ether oxygens (including phenoxy) is 1. The second-order valence-corrected chi connectivity index (χ2v) is 7.99. The summed E-state index contributed by atoms with van der Waals surface area (Å²) in [6.07, 6.45) is 17.7. The van der Waals surface area contributed by atoms with E-state index < -0.39 is 18.8 Å². The topological polar surface area (TPSA) is 87.0 Å². The molecule has 0 bridgehead atoms. The van der Waals surface area contributed by atoms with Crippen LogP contribution >= 0.6 is 0 Å². The zero-order chi connectivity index (χ0) is 20.9. The van der Waals surface area contributed by atoms with E-state index in [0.717, 1.165) is 19.3 Å². The number of hydrogen-bond donors (Lipinski definition) is 3. The molecule has 0 aliphatic rings. The van der Waals surface area contributed by atoms with E-state index in [-0.39, 0.29) is 19.0 Å². The van der Waals surface area contributed by atoms with Gasteiger partial charge in [0.2, 0.25) is 0 Å². The predicted molar refractivity (Wildman–Crippen MR) is 114 cm³/mol. The number of esters is 1. The molecule has 168 valence electrons. The van der Waals surface area contributed by atoms with Crippen LogP contribution in [0.2, 0.25) is 0 Å². The third-order valence-electron chi connectivity index (χ3n) is 5.30. The molecule has 0 amide bonds. The highest BCUT2D eigenvalue weighted by atomic mass is 16.6. The summed E-state index contributed by atoms with van der Waals surface area (Å²) in [5, 5.41) is 27.4. The summed E-state index contributed by atoms with van der Waals surface area (Å²) >= 11 is 0.